The molecule has 2 heterocycles. The van der Waals surface area contributed by atoms with Gasteiger partial charge in [-0.2, -0.15) is 0 Å². The molecular weight excluding hydrogens is 246 g/mol. The van der Waals surface area contributed by atoms with Crippen molar-refractivity contribution in [2.24, 2.45) is 5.73 Å². The van der Waals surface area contributed by atoms with Crippen LogP contribution in [0.25, 0.3) is 0 Å². The van der Waals surface area contributed by atoms with Crippen molar-refractivity contribution in [2.45, 2.75) is 6.10 Å². The van der Waals surface area contributed by atoms with E-state index in [1.165, 1.54) is 0 Å². The van der Waals surface area contributed by atoms with E-state index in [9.17, 15) is 4.79 Å². The van der Waals surface area contributed by atoms with Crippen molar-refractivity contribution in [2.75, 3.05) is 44.7 Å². The molecular formula is C12H19N5O2. The van der Waals surface area contributed by atoms with Crippen LogP contribution in [-0.2, 0) is 9.53 Å². The summed E-state index contributed by atoms with van der Waals surface area (Å²) in [4.78, 5) is 23.2. The maximum atomic E-state index is 10.8. The van der Waals surface area contributed by atoms with Gasteiger partial charge in [0, 0.05) is 32.0 Å². The zero-order chi connectivity index (χ0) is 13.7. The van der Waals surface area contributed by atoms with E-state index in [0.29, 0.717) is 13.2 Å². The Hall–Kier alpha value is -1.73. The lowest BCUT2D eigenvalue weighted by atomic mass is 10.2. The number of anilines is 1. The smallest absolute Gasteiger partial charge is 0.231 e. The van der Waals surface area contributed by atoms with E-state index in [1.807, 2.05) is 11.9 Å². The van der Waals surface area contributed by atoms with Crippen LogP contribution in [0.1, 0.15) is 0 Å². The summed E-state index contributed by atoms with van der Waals surface area (Å²) in [6.07, 6.45) is 5.12. The third-order valence-electron chi connectivity index (χ3n) is 2.95. The summed E-state index contributed by atoms with van der Waals surface area (Å²) in [6, 6.07) is 0. The predicted octanol–water partition coefficient (Wildman–Crippen LogP) is -0.901. The first kappa shape index (κ1) is 13.7. The number of hydrogen-bond acceptors (Lipinski definition) is 6. The minimum Gasteiger partial charge on any atom is -0.373 e. The molecule has 2 N–H and O–H groups in total. The number of hydrogen-bond donors (Lipinski definition) is 1. The molecule has 0 spiro atoms. The normalized spacial score (nSPS) is 19.7. The summed E-state index contributed by atoms with van der Waals surface area (Å²) in [5.74, 6) is 0.525. The number of morpholine rings is 1. The van der Waals surface area contributed by atoms with Crippen molar-refractivity contribution < 1.29 is 9.53 Å². The van der Waals surface area contributed by atoms with Crippen LogP contribution in [0, 0.1) is 0 Å². The predicted molar refractivity (Wildman–Crippen MR) is 70.7 cm³/mol. The average molecular weight is 265 g/mol. The van der Waals surface area contributed by atoms with Crippen molar-refractivity contribution in [3.8, 4) is 0 Å². The number of carbonyl (C=O) groups excluding carboxylic acids is 1. The molecule has 1 fully saturated rings. The Balaban J connectivity index is 1.89. The highest BCUT2D eigenvalue weighted by Crippen LogP contribution is 2.13. The molecule has 0 bridgehead atoms. The second-order valence-corrected chi connectivity index (χ2v) is 4.67. The maximum absolute atomic E-state index is 10.8. The SMILES string of the molecule is CN(CC(N)=O)CC1CN(c2cnccn2)CCO1. The number of nitrogens with two attached hydrogens (primary N) is 1. The lowest BCUT2D eigenvalue weighted by molar-refractivity contribution is -0.119. The molecule has 0 aliphatic carbocycles. The van der Waals surface area contributed by atoms with Crippen molar-refractivity contribution >= 4 is 11.7 Å². The molecule has 1 aliphatic heterocycles. The standard InChI is InChI=1S/C12H19N5O2/c1-16(9-11(13)18)7-10-8-17(4-5-19-10)12-6-14-2-3-15-12/h2-3,6,10H,4-5,7-9H2,1H3,(H2,13,18). The largest absolute Gasteiger partial charge is 0.373 e. The molecule has 1 aromatic rings. The summed E-state index contributed by atoms with van der Waals surface area (Å²) in [7, 11) is 1.86. The zero-order valence-corrected chi connectivity index (χ0v) is 11.0. The van der Waals surface area contributed by atoms with Gasteiger partial charge in [0.05, 0.1) is 25.5 Å². The monoisotopic (exact) mass is 265 g/mol. The Kier molecular flexibility index (Phi) is 4.64. The van der Waals surface area contributed by atoms with E-state index in [2.05, 4.69) is 14.9 Å². The van der Waals surface area contributed by atoms with E-state index >= 15 is 0 Å². The van der Waals surface area contributed by atoms with Crippen LogP contribution in [0.5, 0.6) is 0 Å². The summed E-state index contributed by atoms with van der Waals surface area (Å²) < 4.78 is 5.70. The molecule has 0 radical (unpaired) electrons. The van der Waals surface area contributed by atoms with Crippen molar-refractivity contribution in [1.29, 1.82) is 0 Å². The highest BCUT2D eigenvalue weighted by molar-refractivity contribution is 5.75. The van der Waals surface area contributed by atoms with Crippen LogP contribution in [0.2, 0.25) is 0 Å². The van der Waals surface area contributed by atoms with Gasteiger partial charge in [-0.3, -0.25) is 14.7 Å². The van der Waals surface area contributed by atoms with Crippen LogP contribution < -0.4 is 10.6 Å². The topological polar surface area (TPSA) is 84.6 Å². The van der Waals surface area contributed by atoms with E-state index < -0.39 is 0 Å². The number of likely N-dealkylation sites (N-methyl/N-ethyl adjacent to an activating group) is 1. The highest BCUT2D eigenvalue weighted by atomic mass is 16.5. The number of nitrogens with zero attached hydrogens (tertiary/aromatic N) is 4. The van der Waals surface area contributed by atoms with Crippen LogP contribution in [0.3, 0.4) is 0 Å². The quantitative estimate of drug-likeness (QED) is 0.742. The third kappa shape index (κ3) is 4.15. The fourth-order valence-electron chi connectivity index (χ4n) is 2.17. The number of primary amides is 1. The van der Waals surface area contributed by atoms with Crippen molar-refractivity contribution in [3.05, 3.63) is 18.6 Å². The molecule has 1 aliphatic rings. The number of amides is 1. The number of ether oxygens (including phenoxy) is 1. The zero-order valence-electron chi connectivity index (χ0n) is 11.0. The molecule has 1 amide bonds. The Bertz CT molecular complexity index is 414. The first-order chi connectivity index (χ1) is 9.15. The Morgan fingerprint density at radius 3 is 3.16 bits per heavy atom. The number of rotatable bonds is 5. The van der Waals surface area contributed by atoms with Crippen molar-refractivity contribution in [1.82, 2.24) is 14.9 Å². The molecule has 1 aromatic heterocycles. The lowest BCUT2D eigenvalue weighted by Gasteiger charge is -2.35. The second-order valence-electron chi connectivity index (χ2n) is 4.67. The summed E-state index contributed by atoms with van der Waals surface area (Å²) in [5.41, 5.74) is 5.17. The fraction of sp³-hybridized carbons (Fsp3) is 0.583. The second kappa shape index (κ2) is 6.44. The van der Waals surface area contributed by atoms with Gasteiger partial charge in [-0.15, -0.1) is 0 Å². The molecule has 2 rings (SSSR count). The highest BCUT2D eigenvalue weighted by Gasteiger charge is 2.23. The van der Waals surface area contributed by atoms with Crippen LogP contribution >= 0.6 is 0 Å². The molecule has 0 aromatic carbocycles. The third-order valence-corrected chi connectivity index (χ3v) is 2.95. The Morgan fingerprint density at radius 2 is 2.47 bits per heavy atom. The first-order valence-corrected chi connectivity index (χ1v) is 6.24. The average Bonchev–Trinajstić information content (AvgIpc) is 2.39. The van der Waals surface area contributed by atoms with Gasteiger partial charge in [0.25, 0.3) is 0 Å². The fourth-order valence-corrected chi connectivity index (χ4v) is 2.17. The number of aromatic nitrogens is 2. The molecule has 1 saturated heterocycles. The van der Waals surface area contributed by atoms with Gasteiger partial charge in [0.2, 0.25) is 5.91 Å². The Labute approximate surface area is 112 Å². The first-order valence-electron chi connectivity index (χ1n) is 6.24. The van der Waals surface area contributed by atoms with Crippen LogP contribution in [0.4, 0.5) is 5.82 Å². The molecule has 7 heteroatoms. The van der Waals surface area contributed by atoms with Gasteiger partial charge in [-0.25, -0.2) is 4.98 Å². The van der Waals surface area contributed by atoms with Crippen LogP contribution in [-0.4, -0.2) is 66.7 Å². The minimum absolute atomic E-state index is 0.0418. The molecule has 7 nitrogen and oxygen atoms in total. The molecule has 1 atom stereocenters. The van der Waals surface area contributed by atoms with E-state index in [0.717, 1.165) is 18.9 Å². The molecule has 1 unspecified atom stereocenters. The number of carbonyl (C=O) groups is 1. The summed E-state index contributed by atoms with van der Waals surface area (Å²) in [5, 5.41) is 0. The van der Waals surface area contributed by atoms with Gasteiger partial charge in [0.1, 0.15) is 5.82 Å². The van der Waals surface area contributed by atoms with Gasteiger partial charge in [-0.05, 0) is 7.05 Å². The molecule has 0 saturated carbocycles. The van der Waals surface area contributed by atoms with E-state index in [1.54, 1.807) is 18.6 Å². The minimum atomic E-state index is -0.330. The van der Waals surface area contributed by atoms with Crippen molar-refractivity contribution in [3.63, 3.8) is 0 Å². The van der Waals surface area contributed by atoms with Gasteiger partial charge in [0.15, 0.2) is 0 Å². The van der Waals surface area contributed by atoms with Gasteiger partial charge in [-0.1, -0.05) is 0 Å². The van der Waals surface area contributed by atoms with E-state index in [4.69, 9.17) is 10.5 Å². The molecule has 19 heavy (non-hydrogen) atoms. The van der Waals surface area contributed by atoms with Gasteiger partial charge >= 0.3 is 0 Å². The maximum Gasteiger partial charge on any atom is 0.231 e. The Morgan fingerprint density at radius 1 is 1.63 bits per heavy atom. The van der Waals surface area contributed by atoms with E-state index in [-0.39, 0.29) is 18.6 Å². The summed E-state index contributed by atoms with van der Waals surface area (Å²) >= 11 is 0. The summed E-state index contributed by atoms with van der Waals surface area (Å²) in [6.45, 7) is 3.09. The van der Waals surface area contributed by atoms with Crippen LogP contribution in [0.15, 0.2) is 18.6 Å². The van der Waals surface area contributed by atoms with Gasteiger partial charge < -0.3 is 15.4 Å². The lowest BCUT2D eigenvalue weighted by Crippen LogP contribution is -2.48. The molecule has 104 valence electrons.